The van der Waals surface area contributed by atoms with E-state index in [4.69, 9.17) is 15.3 Å². The van der Waals surface area contributed by atoms with E-state index >= 15 is 0 Å². The van der Waals surface area contributed by atoms with Crippen molar-refractivity contribution in [2.24, 2.45) is 5.73 Å². The van der Waals surface area contributed by atoms with Crippen LogP contribution in [0.4, 0.5) is 0 Å². The van der Waals surface area contributed by atoms with Crippen LogP contribution in [0.1, 0.15) is 18.2 Å². The second kappa shape index (κ2) is 4.96. The van der Waals surface area contributed by atoms with Crippen LogP contribution in [-0.4, -0.2) is 11.7 Å². The van der Waals surface area contributed by atoms with Crippen molar-refractivity contribution in [3.63, 3.8) is 0 Å². The van der Waals surface area contributed by atoms with Crippen molar-refractivity contribution in [3.8, 4) is 11.3 Å². The molecular formula is C13H15NO2. The first-order valence-corrected chi connectivity index (χ1v) is 5.33. The molecule has 1 atom stereocenters. The molecule has 1 aromatic carbocycles. The first-order valence-electron chi connectivity index (χ1n) is 5.33. The lowest BCUT2D eigenvalue weighted by atomic mass is 10.2. The van der Waals surface area contributed by atoms with E-state index < -0.39 is 0 Å². The van der Waals surface area contributed by atoms with Crippen LogP contribution in [-0.2, 0) is 0 Å². The molecule has 0 aliphatic rings. The first kappa shape index (κ1) is 10.9. The minimum atomic E-state index is -0.234. The lowest BCUT2D eigenvalue weighted by Gasteiger charge is -2.05. The maximum atomic E-state index is 8.80. The maximum absolute atomic E-state index is 8.80. The third-order valence-electron chi connectivity index (χ3n) is 2.49. The number of hydrogen-bond donors (Lipinski definition) is 2. The Morgan fingerprint density at radius 3 is 2.56 bits per heavy atom. The van der Waals surface area contributed by atoms with Crippen molar-refractivity contribution in [1.82, 2.24) is 0 Å². The molecule has 16 heavy (non-hydrogen) atoms. The van der Waals surface area contributed by atoms with Gasteiger partial charge in [-0.25, -0.2) is 0 Å². The molecule has 3 nitrogen and oxygen atoms in total. The van der Waals surface area contributed by atoms with Gasteiger partial charge >= 0.3 is 0 Å². The number of furan rings is 1. The normalized spacial score (nSPS) is 12.6. The van der Waals surface area contributed by atoms with Gasteiger partial charge in [0.15, 0.2) is 0 Å². The van der Waals surface area contributed by atoms with E-state index in [0.717, 1.165) is 11.3 Å². The fraction of sp³-hybridized carbons (Fsp3) is 0.231. The highest BCUT2D eigenvalue weighted by Gasteiger charge is 2.10. The number of benzene rings is 1. The zero-order valence-electron chi connectivity index (χ0n) is 8.97. The summed E-state index contributed by atoms with van der Waals surface area (Å²) in [4.78, 5) is 0. The van der Waals surface area contributed by atoms with E-state index in [2.05, 4.69) is 0 Å². The Hall–Kier alpha value is -1.58. The molecule has 84 valence electrons. The van der Waals surface area contributed by atoms with Crippen LogP contribution in [0.15, 0.2) is 46.9 Å². The van der Waals surface area contributed by atoms with Crippen molar-refractivity contribution in [3.05, 3.63) is 48.2 Å². The van der Waals surface area contributed by atoms with Crippen molar-refractivity contribution in [1.29, 1.82) is 0 Å². The van der Waals surface area contributed by atoms with Gasteiger partial charge in [-0.1, -0.05) is 30.3 Å². The Kier molecular flexibility index (Phi) is 3.39. The number of hydrogen-bond acceptors (Lipinski definition) is 3. The zero-order valence-corrected chi connectivity index (χ0v) is 8.97. The van der Waals surface area contributed by atoms with Crippen LogP contribution in [0.3, 0.4) is 0 Å². The third kappa shape index (κ3) is 2.32. The van der Waals surface area contributed by atoms with E-state index in [-0.39, 0.29) is 12.6 Å². The largest absolute Gasteiger partial charge is 0.459 e. The van der Waals surface area contributed by atoms with Gasteiger partial charge in [-0.05, 0) is 18.6 Å². The van der Waals surface area contributed by atoms with E-state index in [0.29, 0.717) is 12.2 Å². The second-order valence-corrected chi connectivity index (χ2v) is 3.69. The minimum Gasteiger partial charge on any atom is -0.459 e. The summed E-state index contributed by atoms with van der Waals surface area (Å²) in [6.07, 6.45) is 0.516. The number of aliphatic hydroxyl groups is 1. The van der Waals surface area contributed by atoms with Crippen LogP contribution in [0.2, 0.25) is 0 Å². The van der Waals surface area contributed by atoms with Gasteiger partial charge in [0.2, 0.25) is 0 Å². The van der Waals surface area contributed by atoms with Crippen molar-refractivity contribution < 1.29 is 9.52 Å². The van der Waals surface area contributed by atoms with Gasteiger partial charge in [0.1, 0.15) is 11.5 Å². The Morgan fingerprint density at radius 1 is 1.12 bits per heavy atom. The molecule has 0 saturated heterocycles. The van der Waals surface area contributed by atoms with Crippen LogP contribution >= 0.6 is 0 Å². The number of rotatable bonds is 4. The molecule has 1 heterocycles. The van der Waals surface area contributed by atoms with Crippen molar-refractivity contribution >= 4 is 0 Å². The molecule has 0 radical (unpaired) electrons. The monoisotopic (exact) mass is 217 g/mol. The van der Waals surface area contributed by atoms with Crippen LogP contribution in [0.25, 0.3) is 11.3 Å². The van der Waals surface area contributed by atoms with Crippen LogP contribution in [0, 0.1) is 0 Å². The summed E-state index contributed by atoms with van der Waals surface area (Å²) in [5.74, 6) is 1.52. The lowest BCUT2D eigenvalue weighted by molar-refractivity contribution is 0.269. The molecule has 0 spiro atoms. The maximum Gasteiger partial charge on any atom is 0.134 e. The molecule has 1 aromatic heterocycles. The highest BCUT2D eigenvalue weighted by Crippen LogP contribution is 2.25. The van der Waals surface area contributed by atoms with Gasteiger partial charge in [-0.15, -0.1) is 0 Å². The van der Waals surface area contributed by atoms with Gasteiger partial charge in [0.25, 0.3) is 0 Å². The van der Waals surface area contributed by atoms with Crippen molar-refractivity contribution in [2.75, 3.05) is 6.61 Å². The molecular weight excluding hydrogens is 202 g/mol. The highest BCUT2D eigenvalue weighted by atomic mass is 16.3. The Morgan fingerprint density at radius 2 is 1.88 bits per heavy atom. The second-order valence-electron chi connectivity index (χ2n) is 3.69. The van der Waals surface area contributed by atoms with Crippen molar-refractivity contribution in [2.45, 2.75) is 12.5 Å². The van der Waals surface area contributed by atoms with E-state index in [1.165, 1.54) is 0 Å². The predicted molar refractivity (Wildman–Crippen MR) is 62.8 cm³/mol. The summed E-state index contributed by atoms with van der Waals surface area (Å²) < 4.78 is 5.65. The van der Waals surface area contributed by atoms with E-state index in [1.54, 1.807) is 0 Å². The molecule has 2 rings (SSSR count). The standard InChI is InChI=1S/C13H15NO2/c14-11(8-9-15)13-7-6-12(16-13)10-4-2-1-3-5-10/h1-7,11,15H,8-9,14H2/t11-/m1/s1. The summed E-state index contributed by atoms with van der Waals surface area (Å²) in [6, 6.07) is 13.4. The molecule has 0 amide bonds. The predicted octanol–water partition coefficient (Wildman–Crippen LogP) is 2.33. The number of nitrogens with two attached hydrogens (primary N) is 1. The highest BCUT2D eigenvalue weighted by molar-refractivity contribution is 5.57. The average molecular weight is 217 g/mol. The van der Waals surface area contributed by atoms with Gasteiger partial charge in [-0.3, -0.25) is 0 Å². The summed E-state index contributed by atoms with van der Waals surface area (Å²) in [7, 11) is 0. The molecule has 0 saturated carbocycles. The number of aliphatic hydroxyl groups excluding tert-OH is 1. The summed E-state index contributed by atoms with van der Waals surface area (Å²) >= 11 is 0. The van der Waals surface area contributed by atoms with Gasteiger partial charge in [-0.2, -0.15) is 0 Å². The first-order chi connectivity index (χ1) is 7.81. The fourth-order valence-corrected chi connectivity index (χ4v) is 1.59. The SMILES string of the molecule is N[C@H](CCO)c1ccc(-c2ccccc2)o1. The summed E-state index contributed by atoms with van der Waals surface area (Å²) in [6.45, 7) is 0.0720. The molecule has 3 N–H and O–H groups in total. The molecule has 0 fully saturated rings. The molecule has 0 bridgehead atoms. The minimum absolute atomic E-state index is 0.0720. The van der Waals surface area contributed by atoms with Gasteiger partial charge in [0.05, 0.1) is 6.04 Å². The molecule has 0 aliphatic carbocycles. The summed E-state index contributed by atoms with van der Waals surface area (Å²) in [5.41, 5.74) is 6.88. The van der Waals surface area contributed by atoms with E-state index in [9.17, 15) is 0 Å². The van der Waals surface area contributed by atoms with Crippen LogP contribution < -0.4 is 5.73 Å². The smallest absolute Gasteiger partial charge is 0.134 e. The quantitative estimate of drug-likeness (QED) is 0.826. The Balaban J connectivity index is 2.20. The average Bonchev–Trinajstić information content (AvgIpc) is 2.80. The zero-order chi connectivity index (χ0) is 11.4. The molecule has 0 unspecified atom stereocenters. The van der Waals surface area contributed by atoms with Gasteiger partial charge in [0, 0.05) is 12.2 Å². The molecule has 3 heteroatoms. The Labute approximate surface area is 94.5 Å². The molecule has 0 aliphatic heterocycles. The molecule has 2 aromatic rings. The summed E-state index contributed by atoms with van der Waals surface area (Å²) in [5, 5.41) is 8.80. The van der Waals surface area contributed by atoms with Gasteiger partial charge < -0.3 is 15.3 Å². The third-order valence-corrected chi connectivity index (χ3v) is 2.49. The lowest BCUT2D eigenvalue weighted by Crippen LogP contribution is -2.10. The fourth-order valence-electron chi connectivity index (χ4n) is 1.59. The van der Waals surface area contributed by atoms with E-state index in [1.807, 2.05) is 42.5 Å². The van der Waals surface area contributed by atoms with Crippen LogP contribution in [0.5, 0.6) is 0 Å². The Bertz CT molecular complexity index is 436. The topological polar surface area (TPSA) is 59.4 Å².